The SMILES string of the molecule is CC(C)C(CCCl)NS(=O)(=O)c1ccc(Br)cc1. The molecule has 1 rings (SSSR count). The fourth-order valence-corrected chi connectivity index (χ4v) is 3.45. The lowest BCUT2D eigenvalue weighted by Crippen LogP contribution is -2.38. The molecule has 0 fully saturated rings. The second-order valence-electron chi connectivity index (χ2n) is 4.40. The minimum atomic E-state index is -3.47. The van der Waals surface area contributed by atoms with Crippen molar-refractivity contribution in [3.8, 4) is 0 Å². The smallest absolute Gasteiger partial charge is 0.208 e. The van der Waals surface area contributed by atoms with E-state index in [1.807, 2.05) is 13.8 Å². The third-order valence-corrected chi connectivity index (χ3v) is 4.91. The molecule has 0 spiro atoms. The summed E-state index contributed by atoms with van der Waals surface area (Å²) in [7, 11) is -3.47. The molecule has 0 aliphatic carbocycles. The Labute approximate surface area is 122 Å². The number of hydrogen-bond donors (Lipinski definition) is 1. The van der Waals surface area contributed by atoms with Crippen LogP contribution in [-0.4, -0.2) is 20.3 Å². The van der Waals surface area contributed by atoms with Crippen molar-refractivity contribution < 1.29 is 8.42 Å². The third kappa shape index (κ3) is 4.53. The Hall–Kier alpha value is -0.100. The molecule has 0 aromatic heterocycles. The van der Waals surface area contributed by atoms with Gasteiger partial charge in [0.2, 0.25) is 10.0 Å². The monoisotopic (exact) mass is 353 g/mol. The Morgan fingerprint density at radius 1 is 1.28 bits per heavy atom. The first-order valence-corrected chi connectivity index (χ1v) is 8.51. The zero-order valence-electron chi connectivity index (χ0n) is 10.4. The topological polar surface area (TPSA) is 46.2 Å². The average molecular weight is 355 g/mol. The lowest BCUT2D eigenvalue weighted by molar-refractivity contribution is 0.439. The zero-order valence-corrected chi connectivity index (χ0v) is 13.5. The number of sulfonamides is 1. The summed E-state index contributed by atoms with van der Waals surface area (Å²) in [6.45, 7) is 3.95. The number of hydrogen-bond acceptors (Lipinski definition) is 2. The van der Waals surface area contributed by atoms with E-state index in [-0.39, 0.29) is 16.9 Å². The van der Waals surface area contributed by atoms with Gasteiger partial charge in [-0.1, -0.05) is 29.8 Å². The van der Waals surface area contributed by atoms with Gasteiger partial charge < -0.3 is 0 Å². The molecular weight excluding hydrogens is 338 g/mol. The number of rotatable bonds is 6. The number of alkyl halides is 1. The second-order valence-corrected chi connectivity index (χ2v) is 7.41. The summed E-state index contributed by atoms with van der Waals surface area (Å²) in [4.78, 5) is 0.269. The molecule has 6 heteroatoms. The van der Waals surface area contributed by atoms with Crippen molar-refractivity contribution >= 4 is 37.6 Å². The van der Waals surface area contributed by atoms with Gasteiger partial charge in [-0.15, -0.1) is 11.6 Å². The van der Waals surface area contributed by atoms with Crippen molar-refractivity contribution in [2.24, 2.45) is 5.92 Å². The Balaban J connectivity index is 2.89. The van der Waals surface area contributed by atoms with E-state index in [0.29, 0.717) is 12.3 Å². The molecular formula is C12H17BrClNO2S. The van der Waals surface area contributed by atoms with Crippen molar-refractivity contribution in [3.05, 3.63) is 28.7 Å². The normalized spacial score (nSPS) is 13.8. The summed E-state index contributed by atoms with van der Waals surface area (Å²) in [6, 6.07) is 6.42. The molecule has 1 unspecified atom stereocenters. The maximum Gasteiger partial charge on any atom is 0.240 e. The quantitative estimate of drug-likeness (QED) is 0.796. The predicted octanol–water partition coefficient (Wildman–Crippen LogP) is 3.38. The van der Waals surface area contributed by atoms with Crippen molar-refractivity contribution in [3.63, 3.8) is 0 Å². The zero-order chi connectivity index (χ0) is 13.8. The van der Waals surface area contributed by atoms with E-state index in [1.165, 1.54) is 0 Å². The first-order chi connectivity index (χ1) is 8.36. The molecule has 0 aliphatic rings. The van der Waals surface area contributed by atoms with Gasteiger partial charge in [0.15, 0.2) is 0 Å². The second kappa shape index (κ2) is 6.89. The van der Waals surface area contributed by atoms with Crippen LogP contribution in [0.5, 0.6) is 0 Å². The Kier molecular flexibility index (Phi) is 6.11. The van der Waals surface area contributed by atoms with Crippen LogP contribution in [0.15, 0.2) is 33.6 Å². The summed E-state index contributed by atoms with van der Waals surface area (Å²) >= 11 is 8.97. The van der Waals surface area contributed by atoms with Gasteiger partial charge in [-0.3, -0.25) is 0 Å². The number of benzene rings is 1. The number of halogens is 2. The minimum Gasteiger partial charge on any atom is -0.208 e. The largest absolute Gasteiger partial charge is 0.240 e. The van der Waals surface area contributed by atoms with Crippen LogP contribution in [0.4, 0.5) is 0 Å². The van der Waals surface area contributed by atoms with Crippen molar-refractivity contribution in [1.82, 2.24) is 4.72 Å². The van der Waals surface area contributed by atoms with Gasteiger partial charge in [-0.2, -0.15) is 0 Å². The van der Waals surface area contributed by atoms with Crippen LogP contribution in [-0.2, 0) is 10.0 Å². The fourth-order valence-electron chi connectivity index (χ4n) is 1.53. The third-order valence-electron chi connectivity index (χ3n) is 2.66. The van der Waals surface area contributed by atoms with E-state index in [0.717, 1.165) is 4.47 Å². The van der Waals surface area contributed by atoms with Crippen molar-refractivity contribution in [2.45, 2.75) is 31.2 Å². The Bertz CT molecular complexity index is 473. The van der Waals surface area contributed by atoms with E-state index in [9.17, 15) is 8.42 Å². The fraction of sp³-hybridized carbons (Fsp3) is 0.500. The maximum atomic E-state index is 12.2. The molecule has 0 saturated heterocycles. The first-order valence-electron chi connectivity index (χ1n) is 5.70. The van der Waals surface area contributed by atoms with Gasteiger partial charge in [0.25, 0.3) is 0 Å². The summed E-state index contributed by atoms with van der Waals surface area (Å²) in [5, 5.41) is 0. The van der Waals surface area contributed by atoms with Crippen LogP contribution in [0.25, 0.3) is 0 Å². The van der Waals surface area contributed by atoms with Crippen LogP contribution in [0, 0.1) is 5.92 Å². The predicted molar refractivity (Wildman–Crippen MR) is 78.4 cm³/mol. The molecule has 0 amide bonds. The molecule has 1 N–H and O–H groups in total. The molecule has 3 nitrogen and oxygen atoms in total. The molecule has 1 aromatic carbocycles. The Morgan fingerprint density at radius 2 is 1.83 bits per heavy atom. The lowest BCUT2D eigenvalue weighted by Gasteiger charge is -2.21. The van der Waals surface area contributed by atoms with Gasteiger partial charge >= 0.3 is 0 Å². The summed E-state index contributed by atoms with van der Waals surface area (Å²) in [6.07, 6.45) is 0.620. The summed E-state index contributed by atoms with van der Waals surface area (Å²) in [5.41, 5.74) is 0. The molecule has 1 atom stereocenters. The molecule has 1 aromatic rings. The van der Waals surface area contributed by atoms with E-state index in [1.54, 1.807) is 24.3 Å². The summed E-state index contributed by atoms with van der Waals surface area (Å²) < 4.78 is 27.9. The van der Waals surface area contributed by atoms with Crippen LogP contribution in [0.3, 0.4) is 0 Å². The standard InChI is InChI=1S/C12H17BrClNO2S/c1-9(2)12(7-8-14)15-18(16,17)11-5-3-10(13)4-6-11/h3-6,9,12,15H,7-8H2,1-2H3. The van der Waals surface area contributed by atoms with Crippen LogP contribution >= 0.6 is 27.5 Å². The maximum absolute atomic E-state index is 12.2. The van der Waals surface area contributed by atoms with E-state index in [2.05, 4.69) is 20.7 Å². The summed E-state index contributed by atoms with van der Waals surface area (Å²) in [5.74, 6) is 0.639. The van der Waals surface area contributed by atoms with Crippen LogP contribution in [0.1, 0.15) is 20.3 Å². The van der Waals surface area contributed by atoms with E-state index < -0.39 is 10.0 Å². The van der Waals surface area contributed by atoms with Crippen molar-refractivity contribution in [2.75, 3.05) is 5.88 Å². The molecule has 0 saturated carbocycles. The molecule has 0 aliphatic heterocycles. The average Bonchev–Trinajstić information content (AvgIpc) is 2.28. The molecule has 102 valence electrons. The molecule has 18 heavy (non-hydrogen) atoms. The molecule has 0 heterocycles. The number of nitrogens with one attached hydrogen (secondary N) is 1. The highest BCUT2D eigenvalue weighted by molar-refractivity contribution is 9.10. The molecule has 0 bridgehead atoms. The van der Waals surface area contributed by atoms with Crippen LogP contribution < -0.4 is 4.72 Å². The molecule has 0 radical (unpaired) electrons. The van der Waals surface area contributed by atoms with Gasteiger partial charge in [0, 0.05) is 16.4 Å². The van der Waals surface area contributed by atoms with Crippen molar-refractivity contribution in [1.29, 1.82) is 0 Å². The highest BCUT2D eigenvalue weighted by Gasteiger charge is 2.21. The lowest BCUT2D eigenvalue weighted by atomic mass is 10.0. The highest BCUT2D eigenvalue weighted by Crippen LogP contribution is 2.17. The Morgan fingerprint density at radius 3 is 2.28 bits per heavy atom. The van der Waals surface area contributed by atoms with Gasteiger partial charge in [-0.05, 0) is 36.6 Å². The van der Waals surface area contributed by atoms with E-state index >= 15 is 0 Å². The highest BCUT2D eigenvalue weighted by atomic mass is 79.9. The van der Waals surface area contributed by atoms with E-state index in [4.69, 9.17) is 11.6 Å². The first kappa shape index (κ1) is 16.0. The van der Waals surface area contributed by atoms with Gasteiger partial charge in [0.05, 0.1) is 4.90 Å². The minimum absolute atomic E-state index is 0.142. The van der Waals surface area contributed by atoms with Gasteiger partial charge in [-0.25, -0.2) is 13.1 Å². The van der Waals surface area contributed by atoms with Gasteiger partial charge in [0.1, 0.15) is 0 Å². The van der Waals surface area contributed by atoms with Crippen LogP contribution in [0.2, 0.25) is 0 Å².